The van der Waals surface area contributed by atoms with Gasteiger partial charge < -0.3 is 43.8 Å². The first-order valence-corrected chi connectivity index (χ1v) is 10.4. The van der Waals surface area contributed by atoms with E-state index in [1.807, 2.05) is 30.3 Å². The Morgan fingerprint density at radius 2 is 1.30 bits per heavy atom. The zero-order valence-corrected chi connectivity index (χ0v) is 17.1. The number of benzene rings is 1. The van der Waals surface area contributed by atoms with Crippen molar-refractivity contribution in [2.45, 2.75) is 37.0 Å². The van der Waals surface area contributed by atoms with Crippen LogP contribution in [0.4, 0.5) is 29.0 Å². The van der Waals surface area contributed by atoms with Gasteiger partial charge in [0.1, 0.15) is 11.6 Å². The topological polar surface area (TPSA) is 174 Å². The van der Waals surface area contributed by atoms with E-state index in [4.69, 9.17) is 38.6 Å². The number of nitrogen functional groups attached to an aromatic ring is 1. The van der Waals surface area contributed by atoms with Crippen molar-refractivity contribution in [1.29, 1.82) is 0 Å². The van der Waals surface area contributed by atoms with Crippen molar-refractivity contribution in [2.24, 2.45) is 22.9 Å². The number of rotatable bonds is 4. The van der Waals surface area contributed by atoms with Gasteiger partial charge in [0.2, 0.25) is 5.95 Å². The normalized spacial score (nSPS) is 27.2. The van der Waals surface area contributed by atoms with Crippen LogP contribution < -0.4 is 43.8 Å². The van der Waals surface area contributed by atoms with Crippen molar-refractivity contribution in [2.75, 3.05) is 47.0 Å². The molecular formula is C20H32N10. The summed E-state index contributed by atoms with van der Waals surface area (Å²) in [5, 5.41) is 3.35. The van der Waals surface area contributed by atoms with Gasteiger partial charge in [0, 0.05) is 67.8 Å². The van der Waals surface area contributed by atoms with Gasteiger partial charge in [0.25, 0.3) is 0 Å². The first-order chi connectivity index (χ1) is 14.4. The maximum Gasteiger partial charge on any atom is 0.229 e. The molecule has 2 aromatic rings. The summed E-state index contributed by atoms with van der Waals surface area (Å²) in [6, 6.07) is 9.45. The largest absolute Gasteiger partial charge is 0.399 e. The number of nitrogens with one attached hydrogen (secondary N) is 1. The van der Waals surface area contributed by atoms with Crippen LogP contribution in [0, 0.1) is 0 Å². The second-order valence-electron chi connectivity index (χ2n) is 8.48. The predicted molar refractivity (Wildman–Crippen MR) is 122 cm³/mol. The fourth-order valence-corrected chi connectivity index (χ4v) is 4.21. The van der Waals surface area contributed by atoms with Gasteiger partial charge in [-0.3, -0.25) is 0 Å². The Labute approximate surface area is 176 Å². The SMILES string of the molecule is Nc1ccc(Nc2cc(N3C[C@H](N)C[C@H](N)C3)nc(N3C[C@H](N)C[C@H](N)C3)n2)cc1. The molecule has 2 aliphatic heterocycles. The molecule has 2 aliphatic rings. The molecule has 1 aromatic carbocycles. The molecule has 0 unspecified atom stereocenters. The molecule has 4 rings (SSSR count). The lowest BCUT2D eigenvalue weighted by Gasteiger charge is -2.37. The third-order valence-corrected chi connectivity index (χ3v) is 5.52. The van der Waals surface area contributed by atoms with Crippen LogP contribution in [0.5, 0.6) is 0 Å². The summed E-state index contributed by atoms with van der Waals surface area (Å²) < 4.78 is 0. The molecule has 4 atom stereocenters. The lowest BCUT2D eigenvalue weighted by molar-refractivity contribution is 0.443. The zero-order chi connectivity index (χ0) is 21.3. The van der Waals surface area contributed by atoms with Gasteiger partial charge in [-0.1, -0.05) is 0 Å². The van der Waals surface area contributed by atoms with Gasteiger partial charge in [-0.2, -0.15) is 9.97 Å². The van der Waals surface area contributed by atoms with Gasteiger partial charge in [-0.25, -0.2) is 0 Å². The Bertz CT molecular complexity index is 793. The van der Waals surface area contributed by atoms with Crippen molar-refractivity contribution in [1.82, 2.24) is 9.97 Å². The number of hydrogen-bond acceptors (Lipinski definition) is 10. The molecule has 3 heterocycles. The van der Waals surface area contributed by atoms with Crippen LogP contribution in [0.25, 0.3) is 0 Å². The van der Waals surface area contributed by atoms with Crippen LogP contribution in [0.15, 0.2) is 30.3 Å². The molecular weight excluding hydrogens is 380 g/mol. The van der Waals surface area contributed by atoms with Gasteiger partial charge in [0.05, 0.1) is 0 Å². The Kier molecular flexibility index (Phi) is 5.91. The molecule has 0 amide bonds. The van der Waals surface area contributed by atoms with Crippen LogP contribution in [0.2, 0.25) is 0 Å². The number of nitrogens with zero attached hydrogens (tertiary/aromatic N) is 4. The highest BCUT2D eigenvalue weighted by Crippen LogP contribution is 2.26. The fraction of sp³-hybridized carbons (Fsp3) is 0.500. The summed E-state index contributed by atoms with van der Waals surface area (Å²) in [5.41, 5.74) is 32.2. The zero-order valence-electron chi connectivity index (χ0n) is 17.1. The van der Waals surface area contributed by atoms with E-state index in [2.05, 4.69) is 15.1 Å². The average molecular weight is 413 g/mol. The van der Waals surface area contributed by atoms with Gasteiger partial charge in [-0.15, -0.1) is 0 Å². The Balaban J connectivity index is 1.67. The van der Waals surface area contributed by atoms with Crippen molar-refractivity contribution in [3.05, 3.63) is 30.3 Å². The van der Waals surface area contributed by atoms with Gasteiger partial charge >= 0.3 is 0 Å². The molecule has 10 nitrogen and oxygen atoms in total. The quantitative estimate of drug-likeness (QED) is 0.360. The summed E-state index contributed by atoms with van der Waals surface area (Å²) in [6.07, 6.45) is 1.60. The molecule has 0 aliphatic carbocycles. The Hall–Kier alpha value is -2.66. The predicted octanol–water partition coefficient (Wildman–Crippen LogP) is -0.468. The van der Waals surface area contributed by atoms with E-state index in [9.17, 15) is 0 Å². The first kappa shape index (κ1) is 20.6. The summed E-state index contributed by atoms with van der Waals surface area (Å²) in [5.74, 6) is 2.07. The van der Waals surface area contributed by atoms with E-state index in [1.54, 1.807) is 0 Å². The fourth-order valence-electron chi connectivity index (χ4n) is 4.21. The molecule has 0 bridgehead atoms. The number of hydrogen-bond donors (Lipinski definition) is 6. The molecule has 2 fully saturated rings. The maximum absolute atomic E-state index is 6.21. The molecule has 30 heavy (non-hydrogen) atoms. The van der Waals surface area contributed by atoms with Gasteiger partial charge in [-0.05, 0) is 37.1 Å². The van der Waals surface area contributed by atoms with E-state index in [-0.39, 0.29) is 24.2 Å². The monoisotopic (exact) mass is 412 g/mol. The maximum atomic E-state index is 6.21. The summed E-state index contributed by atoms with van der Waals surface area (Å²) >= 11 is 0. The molecule has 10 heteroatoms. The third kappa shape index (κ3) is 4.90. The minimum absolute atomic E-state index is 0.00801. The smallest absolute Gasteiger partial charge is 0.229 e. The second-order valence-corrected chi connectivity index (χ2v) is 8.48. The third-order valence-electron chi connectivity index (χ3n) is 5.52. The van der Waals surface area contributed by atoms with E-state index >= 15 is 0 Å². The highest BCUT2D eigenvalue weighted by molar-refractivity contribution is 5.63. The minimum atomic E-state index is -0.00801. The van der Waals surface area contributed by atoms with E-state index < -0.39 is 0 Å². The van der Waals surface area contributed by atoms with Crippen molar-refractivity contribution in [3.63, 3.8) is 0 Å². The summed E-state index contributed by atoms with van der Waals surface area (Å²) in [4.78, 5) is 13.8. The van der Waals surface area contributed by atoms with E-state index in [0.717, 1.165) is 24.3 Å². The van der Waals surface area contributed by atoms with Crippen molar-refractivity contribution < 1.29 is 0 Å². The molecule has 1 aromatic heterocycles. The molecule has 0 radical (unpaired) electrons. The van der Waals surface area contributed by atoms with Crippen molar-refractivity contribution in [3.8, 4) is 0 Å². The molecule has 0 saturated carbocycles. The minimum Gasteiger partial charge on any atom is -0.399 e. The lowest BCUT2D eigenvalue weighted by atomic mass is 10.0. The number of aromatic nitrogens is 2. The first-order valence-electron chi connectivity index (χ1n) is 10.4. The molecule has 162 valence electrons. The Morgan fingerprint density at radius 3 is 1.87 bits per heavy atom. The summed E-state index contributed by atoms with van der Waals surface area (Å²) in [6.45, 7) is 2.73. The molecule has 2 saturated heterocycles. The molecule has 11 N–H and O–H groups in total. The highest BCUT2D eigenvalue weighted by atomic mass is 15.3. The highest BCUT2D eigenvalue weighted by Gasteiger charge is 2.28. The van der Waals surface area contributed by atoms with Crippen LogP contribution in [-0.4, -0.2) is 60.3 Å². The van der Waals surface area contributed by atoms with E-state index in [0.29, 0.717) is 43.6 Å². The van der Waals surface area contributed by atoms with Gasteiger partial charge in [0.15, 0.2) is 0 Å². The Morgan fingerprint density at radius 1 is 0.767 bits per heavy atom. The standard InChI is InChI=1S/C20H32N10/c21-12-1-3-17(4-2-12)26-18-7-19(29-8-13(22)5-14(23)9-29)28-20(27-18)30-10-15(24)6-16(25)11-30/h1-4,7,13-16H,5-6,8-11,21-25H2,(H,26,27,28)/t13-,14+,15-,16+. The van der Waals surface area contributed by atoms with Crippen LogP contribution in [-0.2, 0) is 0 Å². The van der Waals surface area contributed by atoms with Crippen LogP contribution in [0.3, 0.4) is 0 Å². The lowest BCUT2D eigenvalue weighted by Crippen LogP contribution is -2.53. The van der Waals surface area contributed by atoms with Crippen LogP contribution >= 0.6 is 0 Å². The number of piperidine rings is 2. The number of anilines is 5. The number of nitrogens with two attached hydrogens (primary N) is 5. The summed E-state index contributed by atoms with van der Waals surface area (Å²) in [7, 11) is 0. The van der Waals surface area contributed by atoms with Crippen molar-refractivity contribution >= 4 is 29.0 Å². The van der Waals surface area contributed by atoms with Crippen LogP contribution in [0.1, 0.15) is 12.8 Å². The molecule has 0 spiro atoms. The second kappa shape index (κ2) is 8.60. The average Bonchev–Trinajstić information content (AvgIpc) is 2.68. The van der Waals surface area contributed by atoms with E-state index in [1.165, 1.54) is 0 Å².